The van der Waals surface area contributed by atoms with E-state index in [0.29, 0.717) is 22.6 Å². The van der Waals surface area contributed by atoms with E-state index in [1.807, 2.05) is 0 Å². The number of nitrogens with zero attached hydrogens (tertiary/aromatic N) is 3. The number of fused-ring (bicyclic) bond motifs is 1. The van der Waals surface area contributed by atoms with Gasteiger partial charge in [0.1, 0.15) is 10.4 Å². The van der Waals surface area contributed by atoms with Gasteiger partial charge in [-0.3, -0.25) is 13.9 Å². The topological polar surface area (TPSA) is 82.9 Å². The second kappa shape index (κ2) is 5.63. The molecular formula is C14H20N4O2S. The van der Waals surface area contributed by atoms with Gasteiger partial charge in [0, 0.05) is 12.6 Å². The maximum absolute atomic E-state index is 12.8. The monoisotopic (exact) mass is 308 g/mol. The van der Waals surface area contributed by atoms with Crippen molar-refractivity contribution in [3.8, 4) is 0 Å². The first-order chi connectivity index (χ1) is 10.1. The van der Waals surface area contributed by atoms with Crippen molar-refractivity contribution in [2.24, 2.45) is 0 Å². The summed E-state index contributed by atoms with van der Waals surface area (Å²) in [5.74, 6) is 0. The van der Waals surface area contributed by atoms with Crippen molar-refractivity contribution >= 4 is 27.6 Å². The van der Waals surface area contributed by atoms with E-state index in [-0.39, 0.29) is 17.3 Å². The van der Waals surface area contributed by atoms with Gasteiger partial charge in [-0.1, -0.05) is 26.2 Å². The molecule has 0 aliphatic heterocycles. The molecule has 0 atom stereocenters. The second-order valence-corrected chi connectivity index (χ2v) is 6.45. The maximum Gasteiger partial charge on any atom is 0.332 e. The Labute approximate surface area is 126 Å². The Balaban J connectivity index is 2.28. The van der Waals surface area contributed by atoms with Crippen molar-refractivity contribution < 1.29 is 0 Å². The van der Waals surface area contributed by atoms with Gasteiger partial charge < -0.3 is 5.73 Å². The van der Waals surface area contributed by atoms with Crippen molar-refractivity contribution in [1.82, 2.24) is 13.5 Å². The summed E-state index contributed by atoms with van der Waals surface area (Å²) in [4.78, 5) is 25.4. The molecule has 0 saturated heterocycles. The van der Waals surface area contributed by atoms with Crippen LogP contribution in [0.3, 0.4) is 0 Å². The summed E-state index contributed by atoms with van der Waals surface area (Å²) in [6.07, 6.45) is 5.80. The molecule has 21 heavy (non-hydrogen) atoms. The molecule has 0 bridgehead atoms. The Kier molecular flexibility index (Phi) is 3.84. The van der Waals surface area contributed by atoms with Crippen LogP contribution in [0.2, 0.25) is 0 Å². The first-order valence-corrected chi connectivity index (χ1v) is 8.32. The van der Waals surface area contributed by atoms with Crippen LogP contribution in [-0.4, -0.2) is 13.5 Å². The highest BCUT2D eigenvalue weighted by atomic mass is 32.1. The number of hydrogen-bond donors (Lipinski definition) is 1. The third-order valence-corrected chi connectivity index (χ3v) is 4.92. The minimum absolute atomic E-state index is 0.0153. The molecule has 0 radical (unpaired) electrons. The predicted molar refractivity (Wildman–Crippen MR) is 85.0 cm³/mol. The Bertz CT molecular complexity index is 768. The molecule has 2 aromatic heterocycles. The molecule has 2 aromatic rings. The van der Waals surface area contributed by atoms with Gasteiger partial charge in [-0.2, -0.15) is 4.37 Å². The molecule has 0 amide bonds. The van der Waals surface area contributed by atoms with Crippen molar-refractivity contribution in [2.45, 2.75) is 58.0 Å². The molecule has 1 aliphatic rings. The number of unbranched alkanes of at least 4 members (excludes halogenated alkanes) is 1. The Morgan fingerprint density at radius 2 is 2.05 bits per heavy atom. The smallest absolute Gasteiger partial charge is 0.332 e. The number of nitrogen functional groups attached to an aromatic ring is 1. The summed E-state index contributed by atoms with van der Waals surface area (Å²) in [5.41, 5.74) is 5.89. The number of rotatable bonds is 4. The van der Waals surface area contributed by atoms with Crippen LogP contribution in [0.25, 0.3) is 11.0 Å². The van der Waals surface area contributed by atoms with Gasteiger partial charge in [0.25, 0.3) is 5.56 Å². The lowest BCUT2D eigenvalue weighted by atomic mass is 10.2. The largest absolute Gasteiger partial charge is 0.389 e. The Morgan fingerprint density at radius 3 is 2.71 bits per heavy atom. The van der Waals surface area contributed by atoms with E-state index in [9.17, 15) is 9.59 Å². The molecule has 114 valence electrons. The lowest BCUT2D eigenvalue weighted by Crippen LogP contribution is -2.41. The third-order valence-electron chi connectivity index (χ3n) is 4.25. The zero-order valence-electron chi connectivity index (χ0n) is 12.2. The van der Waals surface area contributed by atoms with E-state index in [4.69, 9.17) is 5.73 Å². The third kappa shape index (κ3) is 2.29. The maximum atomic E-state index is 12.8. The number of aryl methyl sites for hydroxylation is 1. The lowest BCUT2D eigenvalue weighted by molar-refractivity contribution is 0.456. The SMILES string of the molecule is CCCCn1c(=O)n(C2CCCC2)c(=O)c2c(N)snc21. The number of anilines is 1. The van der Waals surface area contributed by atoms with E-state index < -0.39 is 0 Å². The van der Waals surface area contributed by atoms with Gasteiger partial charge in [-0.15, -0.1) is 0 Å². The Morgan fingerprint density at radius 1 is 1.33 bits per heavy atom. The van der Waals surface area contributed by atoms with E-state index in [2.05, 4.69) is 11.3 Å². The van der Waals surface area contributed by atoms with E-state index in [0.717, 1.165) is 50.1 Å². The van der Waals surface area contributed by atoms with Crippen LogP contribution in [0.1, 0.15) is 51.5 Å². The summed E-state index contributed by atoms with van der Waals surface area (Å²) < 4.78 is 7.28. The zero-order chi connectivity index (χ0) is 15.0. The zero-order valence-corrected chi connectivity index (χ0v) is 13.0. The fourth-order valence-corrected chi connectivity index (χ4v) is 3.75. The first kappa shape index (κ1) is 14.3. The van der Waals surface area contributed by atoms with Crippen LogP contribution >= 0.6 is 11.5 Å². The van der Waals surface area contributed by atoms with Gasteiger partial charge in [0.2, 0.25) is 0 Å². The van der Waals surface area contributed by atoms with Gasteiger partial charge in [-0.05, 0) is 30.8 Å². The molecule has 1 fully saturated rings. The van der Waals surface area contributed by atoms with Crippen LogP contribution < -0.4 is 17.0 Å². The molecular weight excluding hydrogens is 288 g/mol. The average Bonchev–Trinajstić information content (AvgIpc) is 3.09. The molecule has 0 unspecified atom stereocenters. The highest BCUT2D eigenvalue weighted by Crippen LogP contribution is 2.28. The number of hydrogen-bond acceptors (Lipinski definition) is 5. The molecule has 3 rings (SSSR count). The molecule has 7 heteroatoms. The summed E-state index contributed by atoms with van der Waals surface area (Å²) >= 11 is 1.09. The van der Waals surface area contributed by atoms with Crippen molar-refractivity contribution in [2.75, 3.05) is 5.73 Å². The average molecular weight is 308 g/mol. The van der Waals surface area contributed by atoms with Crippen LogP contribution in [0.15, 0.2) is 9.59 Å². The first-order valence-electron chi connectivity index (χ1n) is 7.55. The number of aromatic nitrogens is 3. The summed E-state index contributed by atoms with van der Waals surface area (Å²) in [6.45, 7) is 2.66. The van der Waals surface area contributed by atoms with Crippen LogP contribution in [0.5, 0.6) is 0 Å². The number of nitrogens with two attached hydrogens (primary N) is 1. The summed E-state index contributed by atoms with van der Waals surface area (Å²) in [6, 6.07) is 0.0153. The second-order valence-electron chi connectivity index (χ2n) is 5.65. The molecule has 1 saturated carbocycles. The van der Waals surface area contributed by atoms with Crippen LogP contribution in [-0.2, 0) is 6.54 Å². The Hall–Kier alpha value is -1.63. The normalized spacial score (nSPS) is 16.0. The lowest BCUT2D eigenvalue weighted by Gasteiger charge is -2.15. The predicted octanol–water partition coefficient (Wildman–Crippen LogP) is 2.12. The standard InChI is InChI=1S/C14H20N4O2S/c1-2-3-8-17-12-10(11(15)21-16-12)13(19)18(14(17)20)9-6-4-5-7-9/h9H,2-8,15H2,1H3. The van der Waals surface area contributed by atoms with Gasteiger partial charge in [0.05, 0.1) is 0 Å². The quantitative estimate of drug-likeness (QED) is 0.937. The fourth-order valence-electron chi connectivity index (χ4n) is 3.11. The van der Waals surface area contributed by atoms with Gasteiger partial charge in [0.15, 0.2) is 5.65 Å². The molecule has 0 spiro atoms. The van der Waals surface area contributed by atoms with Crippen LogP contribution in [0, 0.1) is 0 Å². The summed E-state index contributed by atoms with van der Waals surface area (Å²) in [5, 5.41) is 0.828. The van der Waals surface area contributed by atoms with E-state index >= 15 is 0 Å². The summed E-state index contributed by atoms with van der Waals surface area (Å²) in [7, 11) is 0. The van der Waals surface area contributed by atoms with Gasteiger partial charge >= 0.3 is 5.69 Å². The van der Waals surface area contributed by atoms with Gasteiger partial charge in [-0.25, -0.2) is 4.79 Å². The van der Waals surface area contributed by atoms with Crippen molar-refractivity contribution in [3.05, 3.63) is 20.8 Å². The molecule has 2 heterocycles. The van der Waals surface area contributed by atoms with E-state index in [1.165, 1.54) is 4.57 Å². The molecule has 1 aliphatic carbocycles. The highest BCUT2D eigenvalue weighted by molar-refractivity contribution is 7.11. The van der Waals surface area contributed by atoms with E-state index in [1.54, 1.807) is 4.57 Å². The minimum Gasteiger partial charge on any atom is -0.389 e. The van der Waals surface area contributed by atoms with Crippen molar-refractivity contribution in [1.29, 1.82) is 0 Å². The molecule has 0 aromatic carbocycles. The van der Waals surface area contributed by atoms with Crippen molar-refractivity contribution in [3.63, 3.8) is 0 Å². The molecule has 6 nitrogen and oxygen atoms in total. The van der Waals surface area contributed by atoms with Crippen LogP contribution in [0.4, 0.5) is 5.00 Å². The minimum atomic E-state index is -0.263. The fraction of sp³-hybridized carbons (Fsp3) is 0.643. The molecule has 2 N–H and O–H groups in total. The highest BCUT2D eigenvalue weighted by Gasteiger charge is 2.25.